The predicted octanol–water partition coefficient (Wildman–Crippen LogP) is 1.97. The van der Waals surface area contributed by atoms with Crippen molar-refractivity contribution in [1.82, 2.24) is 0 Å². The van der Waals surface area contributed by atoms with E-state index in [4.69, 9.17) is 16.3 Å². The molecule has 94 valence electrons. The average molecular weight is 277 g/mol. The lowest BCUT2D eigenvalue weighted by atomic mass is 10.1. The van der Waals surface area contributed by atoms with Gasteiger partial charge in [0.2, 0.25) is 0 Å². The molecule has 6 heteroatoms. The molecule has 1 rings (SSSR count). The molecule has 0 saturated carbocycles. The summed E-state index contributed by atoms with van der Waals surface area (Å²) >= 11 is 5.76. The Morgan fingerprint density at radius 1 is 1.41 bits per heavy atom. The minimum absolute atomic E-state index is 0.0587. The zero-order valence-corrected chi connectivity index (χ0v) is 11.1. The second-order valence-corrected chi connectivity index (χ2v) is 6.34. The number of Topliss-reactive ketones (excluding diaryl/α,β-unsaturated/α-hetero) is 1. The maximum Gasteiger partial charge on any atom is 0.167 e. The molecule has 0 spiro atoms. The average Bonchev–Trinajstić information content (AvgIpc) is 2.24. The molecule has 1 aromatic carbocycles. The lowest BCUT2D eigenvalue weighted by molar-refractivity contribution is 0.0986. The van der Waals surface area contributed by atoms with Crippen molar-refractivity contribution in [1.29, 1.82) is 0 Å². The van der Waals surface area contributed by atoms with Gasteiger partial charge in [-0.05, 0) is 18.2 Å². The van der Waals surface area contributed by atoms with Gasteiger partial charge in [-0.1, -0.05) is 11.6 Å². The van der Waals surface area contributed by atoms with Crippen molar-refractivity contribution in [2.24, 2.45) is 0 Å². The highest BCUT2D eigenvalue weighted by Crippen LogP contribution is 2.24. The first-order valence-corrected chi connectivity index (χ1v) is 7.32. The predicted molar refractivity (Wildman–Crippen MR) is 66.7 cm³/mol. The normalized spacial score (nSPS) is 11.2. The summed E-state index contributed by atoms with van der Waals surface area (Å²) in [6, 6.07) is 4.62. The third-order valence-electron chi connectivity index (χ3n) is 2.16. The third kappa shape index (κ3) is 4.36. The summed E-state index contributed by atoms with van der Waals surface area (Å²) in [5.41, 5.74) is 0.348. The lowest BCUT2D eigenvalue weighted by Crippen LogP contribution is -2.10. The molecular formula is C11H13ClO4S. The van der Waals surface area contributed by atoms with Gasteiger partial charge in [0.05, 0.1) is 18.4 Å². The van der Waals surface area contributed by atoms with Crippen LogP contribution in [0.2, 0.25) is 5.02 Å². The summed E-state index contributed by atoms with van der Waals surface area (Å²) in [6.07, 6.45) is 1.04. The van der Waals surface area contributed by atoms with Gasteiger partial charge in [-0.2, -0.15) is 0 Å². The van der Waals surface area contributed by atoms with Crippen LogP contribution >= 0.6 is 11.6 Å². The molecule has 1 aromatic rings. The fourth-order valence-electron chi connectivity index (χ4n) is 1.31. The Labute approximate surface area is 105 Å². The quantitative estimate of drug-likeness (QED) is 0.772. The van der Waals surface area contributed by atoms with Gasteiger partial charge in [-0.3, -0.25) is 4.79 Å². The molecule has 0 radical (unpaired) electrons. The Kier molecular flexibility index (Phi) is 4.54. The number of rotatable bonds is 5. The fraction of sp³-hybridized carbons (Fsp3) is 0.364. The molecule has 0 saturated heterocycles. The van der Waals surface area contributed by atoms with Gasteiger partial charge < -0.3 is 4.74 Å². The highest BCUT2D eigenvalue weighted by molar-refractivity contribution is 7.90. The number of benzene rings is 1. The minimum Gasteiger partial charge on any atom is -0.496 e. The van der Waals surface area contributed by atoms with Crippen molar-refractivity contribution < 1.29 is 17.9 Å². The van der Waals surface area contributed by atoms with E-state index in [-0.39, 0.29) is 18.0 Å². The van der Waals surface area contributed by atoms with E-state index < -0.39 is 9.84 Å². The van der Waals surface area contributed by atoms with Crippen LogP contribution in [0.5, 0.6) is 5.75 Å². The first-order chi connectivity index (χ1) is 7.83. The molecule has 0 aromatic heterocycles. The van der Waals surface area contributed by atoms with Crippen molar-refractivity contribution in [3.05, 3.63) is 28.8 Å². The van der Waals surface area contributed by atoms with Crippen LogP contribution < -0.4 is 4.74 Å². The van der Waals surface area contributed by atoms with E-state index in [9.17, 15) is 13.2 Å². The zero-order valence-electron chi connectivity index (χ0n) is 9.57. The van der Waals surface area contributed by atoms with Crippen molar-refractivity contribution in [2.75, 3.05) is 19.1 Å². The maximum atomic E-state index is 11.8. The first kappa shape index (κ1) is 14.0. The number of methoxy groups -OCH3 is 1. The summed E-state index contributed by atoms with van der Waals surface area (Å²) in [5, 5.41) is 0.460. The minimum atomic E-state index is -3.14. The second kappa shape index (κ2) is 5.51. The molecule has 0 fully saturated rings. The van der Waals surface area contributed by atoms with E-state index in [0.717, 1.165) is 6.26 Å². The molecule has 0 unspecified atom stereocenters. The molecular weight excluding hydrogens is 264 g/mol. The van der Waals surface area contributed by atoms with Gasteiger partial charge >= 0.3 is 0 Å². The maximum absolute atomic E-state index is 11.8. The van der Waals surface area contributed by atoms with E-state index >= 15 is 0 Å². The van der Waals surface area contributed by atoms with Crippen LogP contribution in [0.1, 0.15) is 16.8 Å². The first-order valence-electron chi connectivity index (χ1n) is 4.88. The van der Waals surface area contributed by atoms with Gasteiger partial charge in [-0.15, -0.1) is 0 Å². The fourth-order valence-corrected chi connectivity index (χ4v) is 2.03. The lowest BCUT2D eigenvalue weighted by Gasteiger charge is -2.07. The van der Waals surface area contributed by atoms with E-state index in [0.29, 0.717) is 16.3 Å². The Morgan fingerprint density at radius 3 is 2.59 bits per heavy atom. The number of sulfone groups is 1. The van der Waals surface area contributed by atoms with Crippen molar-refractivity contribution >= 4 is 27.2 Å². The molecule has 0 aliphatic rings. The van der Waals surface area contributed by atoms with Crippen LogP contribution in [-0.4, -0.2) is 33.3 Å². The Bertz CT molecular complexity index is 522. The molecule has 0 aliphatic heterocycles. The van der Waals surface area contributed by atoms with E-state index in [1.165, 1.54) is 19.2 Å². The smallest absolute Gasteiger partial charge is 0.167 e. The number of hydrogen-bond donors (Lipinski definition) is 0. The van der Waals surface area contributed by atoms with Crippen LogP contribution in [0.4, 0.5) is 0 Å². The number of halogens is 1. The number of hydrogen-bond acceptors (Lipinski definition) is 4. The monoisotopic (exact) mass is 276 g/mol. The Morgan fingerprint density at radius 2 is 2.06 bits per heavy atom. The van der Waals surface area contributed by atoms with Gasteiger partial charge in [0.1, 0.15) is 15.6 Å². The Balaban J connectivity index is 2.89. The summed E-state index contributed by atoms with van der Waals surface area (Å²) in [5.74, 6) is -0.0858. The topological polar surface area (TPSA) is 60.4 Å². The molecule has 0 heterocycles. The molecule has 0 aliphatic carbocycles. The van der Waals surface area contributed by atoms with Crippen LogP contribution in [-0.2, 0) is 9.84 Å². The molecule has 0 amide bonds. The van der Waals surface area contributed by atoms with Crippen LogP contribution in [0.3, 0.4) is 0 Å². The summed E-state index contributed by atoms with van der Waals surface area (Å²) < 4.78 is 27.0. The summed E-state index contributed by atoms with van der Waals surface area (Å²) in [7, 11) is -1.71. The van der Waals surface area contributed by atoms with Crippen LogP contribution in [0.15, 0.2) is 18.2 Å². The highest BCUT2D eigenvalue weighted by atomic mass is 35.5. The van der Waals surface area contributed by atoms with Gasteiger partial charge in [0.25, 0.3) is 0 Å². The van der Waals surface area contributed by atoms with Crippen molar-refractivity contribution in [3.63, 3.8) is 0 Å². The molecule has 17 heavy (non-hydrogen) atoms. The number of carbonyl (C=O) groups is 1. The number of ketones is 1. The third-order valence-corrected chi connectivity index (χ3v) is 3.34. The van der Waals surface area contributed by atoms with Crippen LogP contribution in [0, 0.1) is 0 Å². The standard InChI is InChI=1S/C11H13ClO4S/c1-16-11-7-8(12)3-4-9(11)10(13)5-6-17(2,14)15/h3-4,7H,5-6H2,1-2H3. The van der Waals surface area contributed by atoms with Gasteiger partial charge in [0, 0.05) is 17.7 Å². The van der Waals surface area contributed by atoms with Crippen LogP contribution in [0.25, 0.3) is 0 Å². The zero-order chi connectivity index (χ0) is 13.1. The summed E-state index contributed by atoms with van der Waals surface area (Å²) in [4.78, 5) is 11.8. The molecule has 0 atom stereocenters. The molecule has 0 N–H and O–H groups in total. The number of carbonyl (C=O) groups excluding carboxylic acids is 1. The van der Waals surface area contributed by atoms with Gasteiger partial charge in [-0.25, -0.2) is 8.42 Å². The largest absolute Gasteiger partial charge is 0.496 e. The van der Waals surface area contributed by atoms with Crippen molar-refractivity contribution in [3.8, 4) is 5.75 Å². The van der Waals surface area contributed by atoms with E-state index in [1.807, 2.05) is 0 Å². The molecule has 4 nitrogen and oxygen atoms in total. The SMILES string of the molecule is COc1cc(Cl)ccc1C(=O)CCS(C)(=O)=O. The Hall–Kier alpha value is -1.07. The van der Waals surface area contributed by atoms with E-state index in [2.05, 4.69) is 0 Å². The van der Waals surface area contributed by atoms with Crippen molar-refractivity contribution in [2.45, 2.75) is 6.42 Å². The second-order valence-electron chi connectivity index (χ2n) is 3.65. The van der Waals surface area contributed by atoms with E-state index in [1.54, 1.807) is 6.07 Å². The highest BCUT2D eigenvalue weighted by Gasteiger charge is 2.14. The summed E-state index contributed by atoms with van der Waals surface area (Å²) in [6.45, 7) is 0. The van der Waals surface area contributed by atoms with Gasteiger partial charge in [0.15, 0.2) is 5.78 Å². The molecule has 0 bridgehead atoms. The number of ether oxygens (including phenoxy) is 1.